The van der Waals surface area contributed by atoms with Crippen LogP contribution in [0.15, 0.2) is 0 Å². The number of nitrogens with two attached hydrogens (primary N) is 1. The average Bonchev–Trinajstić information content (AvgIpc) is 2.60. The molecular formula is C18H43N2NaO6S2. The average molecular weight is 471 g/mol. The Morgan fingerprint density at radius 1 is 0.897 bits per heavy atom. The third-order valence-corrected chi connectivity index (χ3v) is 7.06. The van der Waals surface area contributed by atoms with Crippen molar-refractivity contribution >= 4 is 20.2 Å². The smallest absolute Gasteiger partial charge is 1.00 e. The molecular weight excluding hydrogens is 427 g/mol. The second kappa shape index (κ2) is 19.4. The van der Waals surface area contributed by atoms with Gasteiger partial charge in [0.25, 0.3) is 20.2 Å². The van der Waals surface area contributed by atoms with Gasteiger partial charge in [0.15, 0.2) is 0 Å². The predicted molar refractivity (Wildman–Crippen MR) is 117 cm³/mol. The van der Waals surface area contributed by atoms with Crippen molar-refractivity contribution in [2.24, 2.45) is 5.73 Å². The first kappa shape index (κ1) is 34.4. The molecule has 0 spiro atoms. The molecule has 0 saturated carbocycles. The van der Waals surface area contributed by atoms with Gasteiger partial charge in [-0.3, -0.25) is 9.11 Å². The third-order valence-electron chi connectivity index (χ3n) is 4.72. The largest absolute Gasteiger partial charge is 1.00 e. The third kappa shape index (κ3) is 21.7. The number of hydrogen-bond acceptors (Lipinski definition) is 6. The standard InChI is InChI=1S/C15H33NO3S.C3H9NO3S.Na.H/c1-3-4-5-6-7-8-9-10-11-12-13-15(2,14-16)20(17,18)19;1-4-2-3-8(5,6)7;;/h3-14,16H2,1-2H3,(H,17,18,19);4H,2-3H2,1H3,(H,5,6,7);;/q;;+1;-1. The molecule has 29 heavy (non-hydrogen) atoms. The molecule has 0 aliphatic rings. The summed E-state index contributed by atoms with van der Waals surface area (Å²) in [5, 5.41) is 2.59. The summed E-state index contributed by atoms with van der Waals surface area (Å²) in [6.45, 7) is 4.01. The van der Waals surface area contributed by atoms with Crippen LogP contribution < -0.4 is 40.6 Å². The monoisotopic (exact) mass is 470 g/mol. The van der Waals surface area contributed by atoms with Gasteiger partial charge in [0.05, 0.1) is 5.75 Å². The summed E-state index contributed by atoms with van der Waals surface area (Å²) in [6, 6.07) is 0. The zero-order chi connectivity index (χ0) is 22.1. The molecule has 0 saturated heterocycles. The summed E-state index contributed by atoms with van der Waals surface area (Å²) in [4.78, 5) is 0. The van der Waals surface area contributed by atoms with Crippen LogP contribution in [0.25, 0.3) is 0 Å². The van der Waals surface area contributed by atoms with Gasteiger partial charge in [-0.2, -0.15) is 16.8 Å². The van der Waals surface area contributed by atoms with E-state index >= 15 is 0 Å². The topological polar surface area (TPSA) is 147 Å². The molecule has 174 valence electrons. The van der Waals surface area contributed by atoms with Gasteiger partial charge in [-0.15, -0.1) is 0 Å². The van der Waals surface area contributed by atoms with E-state index in [4.69, 9.17) is 10.3 Å². The minimum atomic E-state index is -4.05. The van der Waals surface area contributed by atoms with Crippen LogP contribution in [0.1, 0.15) is 85.9 Å². The van der Waals surface area contributed by atoms with E-state index in [9.17, 15) is 21.4 Å². The maximum absolute atomic E-state index is 11.3. The maximum Gasteiger partial charge on any atom is 1.00 e. The van der Waals surface area contributed by atoms with E-state index in [1.54, 1.807) is 7.05 Å². The van der Waals surface area contributed by atoms with Crippen LogP contribution in [0.4, 0.5) is 0 Å². The molecule has 11 heteroatoms. The SMILES string of the molecule is CCCCCCCCCCCCC(C)(CN)S(=O)(=O)O.CNCCS(=O)(=O)O.[H-].[Na+]. The van der Waals surface area contributed by atoms with E-state index in [-0.39, 0.29) is 43.3 Å². The van der Waals surface area contributed by atoms with Crippen molar-refractivity contribution in [3.8, 4) is 0 Å². The van der Waals surface area contributed by atoms with Gasteiger partial charge in [0, 0.05) is 13.1 Å². The minimum absolute atomic E-state index is 0. The number of hydrogen-bond donors (Lipinski definition) is 4. The van der Waals surface area contributed by atoms with Crippen LogP contribution in [0.5, 0.6) is 0 Å². The van der Waals surface area contributed by atoms with Gasteiger partial charge < -0.3 is 12.5 Å². The quantitative estimate of drug-likeness (QED) is 0.141. The zero-order valence-corrected chi connectivity index (χ0v) is 22.5. The Morgan fingerprint density at radius 2 is 1.31 bits per heavy atom. The predicted octanol–water partition coefficient (Wildman–Crippen LogP) is 0.113. The van der Waals surface area contributed by atoms with Gasteiger partial charge in [-0.05, 0) is 20.4 Å². The fraction of sp³-hybridized carbons (Fsp3) is 1.00. The molecule has 1 atom stereocenters. The maximum atomic E-state index is 11.3. The molecule has 1 unspecified atom stereocenters. The molecule has 0 amide bonds. The molecule has 8 nitrogen and oxygen atoms in total. The minimum Gasteiger partial charge on any atom is -1.00 e. The molecule has 0 bridgehead atoms. The zero-order valence-electron chi connectivity index (χ0n) is 19.8. The van der Waals surface area contributed by atoms with Gasteiger partial charge in [-0.1, -0.05) is 71.1 Å². The molecule has 0 aromatic heterocycles. The Bertz CT molecular complexity index is 579. The van der Waals surface area contributed by atoms with Crippen molar-refractivity contribution < 1.29 is 56.9 Å². The number of rotatable bonds is 16. The van der Waals surface area contributed by atoms with E-state index in [0.29, 0.717) is 13.0 Å². The number of nitrogens with one attached hydrogen (secondary N) is 1. The first-order valence-corrected chi connectivity index (χ1v) is 13.2. The molecule has 0 heterocycles. The van der Waals surface area contributed by atoms with Crippen LogP contribution in [0.2, 0.25) is 0 Å². The van der Waals surface area contributed by atoms with Crippen LogP contribution >= 0.6 is 0 Å². The van der Waals surface area contributed by atoms with E-state index < -0.39 is 25.0 Å². The molecule has 0 radical (unpaired) electrons. The molecule has 0 fully saturated rings. The van der Waals surface area contributed by atoms with Crippen LogP contribution in [0, 0.1) is 0 Å². The van der Waals surface area contributed by atoms with Crippen LogP contribution in [0.3, 0.4) is 0 Å². The van der Waals surface area contributed by atoms with Crippen molar-refractivity contribution in [2.75, 3.05) is 25.9 Å². The second-order valence-corrected chi connectivity index (χ2v) is 11.0. The Hall–Kier alpha value is 0.740. The van der Waals surface area contributed by atoms with Crippen LogP contribution in [-0.2, 0) is 20.2 Å². The Balaban J connectivity index is -0.000000288. The van der Waals surface area contributed by atoms with Crippen LogP contribution in [-0.4, -0.2) is 56.6 Å². The summed E-state index contributed by atoms with van der Waals surface area (Å²) in [6.07, 6.45) is 12.5. The first-order chi connectivity index (χ1) is 12.9. The van der Waals surface area contributed by atoms with Gasteiger partial charge in [-0.25, -0.2) is 0 Å². The van der Waals surface area contributed by atoms with Crippen molar-refractivity contribution in [2.45, 2.75) is 89.2 Å². The summed E-state index contributed by atoms with van der Waals surface area (Å²) in [5.74, 6) is -0.219. The number of unbranched alkanes of at least 4 members (excludes halogenated alkanes) is 9. The molecule has 5 N–H and O–H groups in total. The summed E-state index contributed by atoms with van der Waals surface area (Å²) in [7, 11) is -6.18. The molecule has 0 aromatic rings. The summed E-state index contributed by atoms with van der Waals surface area (Å²) >= 11 is 0. The van der Waals surface area contributed by atoms with Gasteiger partial charge in [0.2, 0.25) is 0 Å². The van der Waals surface area contributed by atoms with Gasteiger partial charge in [0.1, 0.15) is 4.75 Å². The van der Waals surface area contributed by atoms with E-state index in [0.717, 1.165) is 19.3 Å². The fourth-order valence-corrected chi connectivity index (χ4v) is 3.63. The van der Waals surface area contributed by atoms with Crippen molar-refractivity contribution in [3.63, 3.8) is 0 Å². The normalized spacial score (nSPS) is 13.7. The summed E-state index contributed by atoms with van der Waals surface area (Å²) < 4.78 is 58.4. The molecule has 0 aliphatic heterocycles. The van der Waals surface area contributed by atoms with E-state index in [1.165, 1.54) is 51.9 Å². The molecule has 0 aromatic carbocycles. The Labute approximate surface area is 202 Å². The Morgan fingerprint density at radius 3 is 1.59 bits per heavy atom. The molecule has 0 aliphatic carbocycles. The molecule has 0 rings (SSSR count). The Kier molecular flexibility index (Phi) is 23.0. The van der Waals surface area contributed by atoms with Crippen molar-refractivity contribution in [3.05, 3.63) is 0 Å². The van der Waals surface area contributed by atoms with Gasteiger partial charge >= 0.3 is 29.6 Å². The second-order valence-electron chi connectivity index (χ2n) is 7.45. The van der Waals surface area contributed by atoms with Crippen molar-refractivity contribution in [1.29, 1.82) is 0 Å². The summed E-state index contributed by atoms with van der Waals surface area (Å²) in [5.41, 5.74) is 5.47. The van der Waals surface area contributed by atoms with E-state index in [1.807, 2.05) is 0 Å². The van der Waals surface area contributed by atoms with E-state index in [2.05, 4.69) is 12.2 Å². The first-order valence-electron chi connectivity index (χ1n) is 10.2. The fourth-order valence-electron chi connectivity index (χ4n) is 2.55. The van der Waals surface area contributed by atoms with Crippen molar-refractivity contribution in [1.82, 2.24) is 5.32 Å².